The topological polar surface area (TPSA) is 43.1 Å². The summed E-state index contributed by atoms with van der Waals surface area (Å²) in [5.41, 5.74) is 3.24. The molecule has 0 fully saturated rings. The second-order valence-electron chi connectivity index (χ2n) is 1.87. The van der Waals surface area contributed by atoms with Gasteiger partial charge >= 0.3 is 0 Å². The Labute approximate surface area is 60.9 Å². The molecule has 1 unspecified atom stereocenters. The molecule has 1 aliphatic rings. The lowest BCUT2D eigenvalue weighted by Gasteiger charge is -2.11. The standard InChI is InChI=1S/C6H8FNOS/c7-5(6(8)9)10-3-1-2-4-10/h1-5,10H,(H2,8,9). The first-order valence-electron chi connectivity index (χ1n) is 2.77. The highest BCUT2D eigenvalue weighted by atomic mass is 32.2. The number of nitrogens with two attached hydrogens (primary N) is 1. The van der Waals surface area contributed by atoms with E-state index in [1.165, 1.54) is 0 Å². The number of thiol groups is 1. The van der Waals surface area contributed by atoms with Crippen molar-refractivity contribution in [1.82, 2.24) is 0 Å². The van der Waals surface area contributed by atoms with E-state index >= 15 is 0 Å². The minimum Gasteiger partial charge on any atom is -0.366 e. The Morgan fingerprint density at radius 1 is 1.50 bits per heavy atom. The van der Waals surface area contributed by atoms with Gasteiger partial charge in [0.1, 0.15) is 0 Å². The van der Waals surface area contributed by atoms with Gasteiger partial charge in [-0.05, 0) is 10.8 Å². The Hall–Kier alpha value is -0.770. The molecule has 0 aliphatic carbocycles. The Balaban J connectivity index is 2.57. The summed E-state index contributed by atoms with van der Waals surface area (Å²) in [4.78, 5) is 10.3. The zero-order valence-electron chi connectivity index (χ0n) is 5.20. The van der Waals surface area contributed by atoms with E-state index in [1.54, 1.807) is 23.0 Å². The number of hydrogen-bond acceptors (Lipinski definition) is 1. The molecule has 0 radical (unpaired) electrons. The average molecular weight is 161 g/mol. The van der Waals surface area contributed by atoms with Crippen molar-refractivity contribution in [3.63, 3.8) is 0 Å². The first kappa shape index (κ1) is 7.34. The molecule has 4 heteroatoms. The highest BCUT2D eigenvalue weighted by Gasteiger charge is 2.19. The molecule has 0 bridgehead atoms. The van der Waals surface area contributed by atoms with Crippen molar-refractivity contribution in [2.45, 2.75) is 5.50 Å². The lowest BCUT2D eigenvalue weighted by Crippen LogP contribution is -2.23. The van der Waals surface area contributed by atoms with E-state index in [0.717, 1.165) is 0 Å². The van der Waals surface area contributed by atoms with Crippen LogP contribution in [0.1, 0.15) is 0 Å². The van der Waals surface area contributed by atoms with Gasteiger partial charge in [0.05, 0.1) is 0 Å². The molecule has 0 aromatic heterocycles. The first-order valence-corrected chi connectivity index (χ1v) is 4.32. The Kier molecular flexibility index (Phi) is 2.11. The average Bonchev–Trinajstić information content (AvgIpc) is 2.36. The summed E-state index contributed by atoms with van der Waals surface area (Å²) in [6, 6.07) is 0. The van der Waals surface area contributed by atoms with E-state index < -0.39 is 22.3 Å². The molecule has 10 heavy (non-hydrogen) atoms. The number of halogens is 1. The van der Waals surface area contributed by atoms with Crippen molar-refractivity contribution in [1.29, 1.82) is 0 Å². The number of rotatable bonds is 2. The molecule has 1 amide bonds. The van der Waals surface area contributed by atoms with Crippen LogP contribution in [0.3, 0.4) is 0 Å². The van der Waals surface area contributed by atoms with E-state index in [9.17, 15) is 9.18 Å². The monoisotopic (exact) mass is 161 g/mol. The fourth-order valence-corrected chi connectivity index (χ4v) is 1.94. The molecule has 1 aliphatic heterocycles. The second-order valence-corrected chi connectivity index (χ2v) is 3.81. The fourth-order valence-electron chi connectivity index (χ4n) is 0.646. The fraction of sp³-hybridized carbons (Fsp3) is 0.167. The number of carbonyl (C=O) groups is 1. The molecule has 0 saturated heterocycles. The number of allylic oxidation sites excluding steroid dienone is 2. The predicted octanol–water partition coefficient (Wildman–Crippen LogP) is 0.810. The van der Waals surface area contributed by atoms with Crippen molar-refractivity contribution in [2.24, 2.45) is 5.73 Å². The van der Waals surface area contributed by atoms with Crippen molar-refractivity contribution in [2.75, 3.05) is 0 Å². The number of carbonyl (C=O) groups excluding carboxylic acids is 1. The zero-order chi connectivity index (χ0) is 7.56. The highest BCUT2D eigenvalue weighted by molar-refractivity contribution is 8.23. The van der Waals surface area contributed by atoms with Crippen LogP contribution in [0.4, 0.5) is 4.39 Å². The smallest absolute Gasteiger partial charge is 0.261 e. The summed E-state index contributed by atoms with van der Waals surface area (Å²) in [5.74, 6) is -0.873. The van der Waals surface area contributed by atoms with E-state index in [-0.39, 0.29) is 0 Å². The minimum atomic E-state index is -1.51. The molecule has 56 valence electrons. The van der Waals surface area contributed by atoms with Gasteiger partial charge in [0.2, 0.25) is 5.50 Å². The van der Waals surface area contributed by atoms with Gasteiger partial charge in [-0.2, -0.15) is 10.9 Å². The number of primary amides is 1. The third-order valence-electron chi connectivity index (χ3n) is 1.12. The summed E-state index contributed by atoms with van der Waals surface area (Å²) in [5, 5.41) is 3.34. The molecule has 0 aromatic rings. The Morgan fingerprint density at radius 2 is 2.00 bits per heavy atom. The van der Waals surface area contributed by atoms with Crippen molar-refractivity contribution < 1.29 is 9.18 Å². The summed E-state index contributed by atoms with van der Waals surface area (Å²) in [7, 11) is -1.05. The van der Waals surface area contributed by atoms with Gasteiger partial charge in [-0.3, -0.25) is 4.79 Å². The van der Waals surface area contributed by atoms with E-state index in [2.05, 4.69) is 0 Å². The maximum absolute atomic E-state index is 12.7. The molecular formula is C6H8FNOS. The van der Waals surface area contributed by atoms with Crippen LogP contribution >= 0.6 is 10.9 Å². The summed E-state index contributed by atoms with van der Waals surface area (Å²) in [6.45, 7) is 0. The molecular weight excluding hydrogens is 153 g/mol. The van der Waals surface area contributed by atoms with Gasteiger partial charge < -0.3 is 5.73 Å². The van der Waals surface area contributed by atoms with E-state index in [0.29, 0.717) is 0 Å². The van der Waals surface area contributed by atoms with Crippen LogP contribution in [0.2, 0.25) is 0 Å². The minimum absolute atomic E-state index is 0.873. The summed E-state index contributed by atoms with van der Waals surface area (Å²) in [6.07, 6.45) is 3.45. The van der Waals surface area contributed by atoms with Gasteiger partial charge in [-0.15, -0.1) is 0 Å². The van der Waals surface area contributed by atoms with E-state index in [4.69, 9.17) is 5.73 Å². The molecule has 1 atom stereocenters. The van der Waals surface area contributed by atoms with Crippen molar-refractivity contribution in [3.8, 4) is 0 Å². The van der Waals surface area contributed by atoms with Gasteiger partial charge in [0.25, 0.3) is 5.91 Å². The maximum atomic E-state index is 12.7. The zero-order valence-corrected chi connectivity index (χ0v) is 6.09. The largest absolute Gasteiger partial charge is 0.366 e. The molecule has 0 spiro atoms. The summed E-state index contributed by atoms with van der Waals surface area (Å²) >= 11 is 0. The predicted molar refractivity (Wildman–Crippen MR) is 41.4 cm³/mol. The van der Waals surface area contributed by atoms with Crippen LogP contribution in [0.25, 0.3) is 0 Å². The number of hydrogen-bond donors (Lipinski definition) is 2. The van der Waals surface area contributed by atoms with Crippen LogP contribution in [0, 0.1) is 0 Å². The molecule has 0 saturated carbocycles. The quantitative estimate of drug-likeness (QED) is 0.578. The molecule has 1 rings (SSSR count). The Morgan fingerprint density at radius 3 is 2.40 bits per heavy atom. The van der Waals surface area contributed by atoms with Crippen LogP contribution in [-0.2, 0) is 4.79 Å². The first-order chi connectivity index (χ1) is 4.72. The second kappa shape index (κ2) is 2.88. The van der Waals surface area contributed by atoms with E-state index in [1.807, 2.05) is 0 Å². The third kappa shape index (κ3) is 1.39. The van der Waals surface area contributed by atoms with Crippen LogP contribution < -0.4 is 5.73 Å². The van der Waals surface area contributed by atoms with Gasteiger partial charge in [-0.25, -0.2) is 4.39 Å². The number of alkyl halides is 1. The third-order valence-corrected chi connectivity index (χ3v) is 2.93. The molecule has 2 N–H and O–H groups in total. The van der Waals surface area contributed by atoms with Crippen molar-refractivity contribution >= 4 is 16.8 Å². The van der Waals surface area contributed by atoms with Gasteiger partial charge in [0.15, 0.2) is 0 Å². The Bertz CT molecular complexity index is 190. The summed E-state index contributed by atoms with van der Waals surface area (Å²) < 4.78 is 12.7. The van der Waals surface area contributed by atoms with Crippen molar-refractivity contribution in [3.05, 3.63) is 23.0 Å². The van der Waals surface area contributed by atoms with Gasteiger partial charge in [0, 0.05) is 0 Å². The molecule has 0 aromatic carbocycles. The van der Waals surface area contributed by atoms with Gasteiger partial charge in [-0.1, -0.05) is 12.2 Å². The lowest BCUT2D eigenvalue weighted by molar-refractivity contribution is -0.119. The molecule has 2 nitrogen and oxygen atoms in total. The normalized spacial score (nSPS) is 21.5. The van der Waals surface area contributed by atoms with Crippen LogP contribution in [-0.4, -0.2) is 11.4 Å². The SMILES string of the molecule is NC(=O)C(F)[SH]1C=CC=C1. The van der Waals surface area contributed by atoms with Crippen LogP contribution in [0.15, 0.2) is 23.0 Å². The molecule has 1 heterocycles. The van der Waals surface area contributed by atoms with Crippen LogP contribution in [0.5, 0.6) is 0 Å². The highest BCUT2D eigenvalue weighted by Crippen LogP contribution is 2.38. The number of amides is 1. The maximum Gasteiger partial charge on any atom is 0.261 e. The lowest BCUT2D eigenvalue weighted by atomic mass is 10.6.